The van der Waals surface area contributed by atoms with Crippen LogP contribution in [0.15, 0.2) is 85.7 Å². The summed E-state index contributed by atoms with van der Waals surface area (Å²) in [6.07, 6.45) is 5.16. The number of rotatable bonds is 4. The molecule has 1 aromatic heterocycles. The SMILES string of the molecule is CCCN1c2ccccc2Sc2cc(/C=C\c3cc(=O)oc4cc(C)ccc34)ccc21. The van der Waals surface area contributed by atoms with Gasteiger partial charge in [-0.1, -0.05) is 61.2 Å². The highest BCUT2D eigenvalue weighted by Crippen LogP contribution is 2.48. The number of aryl methyl sites for hydroxylation is 1. The van der Waals surface area contributed by atoms with E-state index in [0.29, 0.717) is 5.58 Å². The predicted molar refractivity (Wildman–Crippen MR) is 130 cm³/mol. The van der Waals surface area contributed by atoms with Crippen LogP contribution in [0.1, 0.15) is 30.0 Å². The molecule has 0 saturated carbocycles. The largest absolute Gasteiger partial charge is 0.423 e. The zero-order valence-corrected chi connectivity index (χ0v) is 18.4. The van der Waals surface area contributed by atoms with Gasteiger partial charge in [-0.05, 0) is 60.4 Å². The van der Waals surface area contributed by atoms with Crippen molar-refractivity contribution in [3.63, 3.8) is 0 Å². The van der Waals surface area contributed by atoms with E-state index in [0.717, 1.165) is 35.0 Å². The Kier molecular flexibility index (Phi) is 5.16. The van der Waals surface area contributed by atoms with Gasteiger partial charge >= 0.3 is 5.63 Å². The highest BCUT2D eigenvalue weighted by Gasteiger charge is 2.22. The molecule has 3 aromatic carbocycles. The minimum atomic E-state index is -0.328. The van der Waals surface area contributed by atoms with Crippen molar-refractivity contribution in [1.82, 2.24) is 0 Å². The molecule has 5 rings (SSSR count). The van der Waals surface area contributed by atoms with Crippen LogP contribution in [0.5, 0.6) is 0 Å². The molecule has 0 fully saturated rings. The van der Waals surface area contributed by atoms with Gasteiger partial charge in [0.25, 0.3) is 0 Å². The molecule has 1 aliphatic rings. The van der Waals surface area contributed by atoms with E-state index in [-0.39, 0.29) is 5.63 Å². The second-order valence-corrected chi connectivity index (χ2v) is 8.89. The van der Waals surface area contributed by atoms with Gasteiger partial charge < -0.3 is 9.32 Å². The fraction of sp³-hybridized carbons (Fsp3) is 0.148. The van der Waals surface area contributed by atoms with Crippen molar-refractivity contribution in [2.24, 2.45) is 0 Å². The van der Waals surface area contributed by atoms with Crippen LogP contribution in [-0.2, 0) is 0 Å². The van der Waals surface area contributed by atoms with Crippen molar-refractivity contribution in [2.75, 3.05) is 11.4 Å². The average Bonchev–Trinajstić information content (AvgIpc) is 2.76. The standard InChI is InChI=1S/C27H23NO2S/c1-3-14-28-22-6-4-5-7-25(22)31-26-16-19(10-13-23(26)28)9-11-20-17-27(29)30-24-15-18(2)8-12-21(20)24/h4-13,15-17H,3,14H2,1-2H3/b11-9-. The molecular formula is C27H23NO2S. The minimum absolute atomic E-state index is 0.328. The second kappa shape index (κ2) is 8.12. The number of para-hydroxylation sites is 1. The predicted octanol–water partition coefficient (Wildman–Crippen LogP) is 7.28. The first-order valence-electron chi connectivity index (χ1n) is 10.5. The van der Waals surface area contributed by atoms with Gasteiger partial charge in [-0.3, -0.25) is 0 Å². The van der Waals surface area contributed by atoms with Crippen molar-refractivity contribution in [3.05, 3.63) is 93.8 Å². The molecule has 0 N–H and O–H groups in total. The molecule has 2 heterocycles. The van der Waals surface area contributed by atoms with Crippen LogP contribution in [0.2, 0.25) is 0 Å². The van der Waals surface area contributed by atoms with Gasteiger partial charge in [-0.25, -0.2) is 4.79 Å². The van der Waals surface area contributed by atoms with Gasteiger partial charge in [0, 0.05) is 27.8 Å². The lowest BCUT2D eigenvalue weighted by molar-refractivity contribution is 0.560. The third-order valence-corrected chi connectivity index (χ3v) is 6.60. The summed E-state index contributed by atoms with van der Waals surface area (Å²) in [5, 5.41) is 0.942. The van der Waals surface area contributed by atoms with Crippen LogP contribution in [0.4, 0.5) is 11.4 Å². The first-order valence-corrected chi connectivity index (χ1v) is 11.3. The molecule has 31 heavy (non-hydrogen) atoms. The van der Waals surface area contributed by atoms with Crippen LogP contribution in [0.3, 0.4) is 0 Å². The van der Waals surface area contributed by atoms with Gasteiger partial charge in [0.1, 0.15) is 5.58 Å². The Bertz CT molecular complexity index is 1370. The quantitative estimate of drug-likeness (QED) is 0.322. The highest BCUT2D eigenvalue weighted by molar-refractivity contribution is 7.99. The van der Waals surface area contributed by atoms with Crippen LogP contribution < -0.4 is 10.5 Å². The summed E-state index contributed by atoms with van der Waals surface area (Å²) in [6, 6.07) is 22.7. The molecule has 0 radical (unpaired) electrons. The summed E-state index contributed by atoms with van der Waals surface area (Å²) in [5.74, 6) is 0. The van der Waals surface area contributed by atoms with Crippen LogP contribution in [0.25, 0.3) is 23.1 Å². The maximum Gasteiger partial charge on any atom is 0.336 e. The zero-order valence-electron chi connectivity index (χ0n) is 17.6. The molecule has 4 aromatic rings. The van der Waals surface area contributed by atoms with E-state index in [1.807, 2.05) is 43.0 Å². The lowest BCUT2D eigenvalue weighted by Gasteiger charge is -2.32. The maximum absolute atomic E-state index is 12.0. The normalized spacial score (nSPS) is 12.9. The summed E-state index contributed by atoms with van der Waals surface area (Å²) in [4.78, 5) is 17.0. The Hall–Kier alpha value is -3.24. The summed E-state index contributed by atoms with van der Waals surface area (Å²) in [6.45, 7) is 5.20. The van der Waals surface area contributed by atoms with Gasteiger partial charge in [0.15, 0.2) is 0 Å². The first kappa shape index (κ1) is 19.7. The van der Waals surface area contributed by atoms with Crippen molar-refractivity contribution >= 4 is 46.3 Å². The number of fused-ring (bicyclic) bond motifs is 3. The summed E-state index contributed by atoms with van der Waals surface area (Å²) in [7, 11) is 0. The van der Waals surface area contributed by atoms with Gasteiger partial charge in [-0.15, -0.1) is 0 Å². The molecule has 0 amide bonds. The number of hydrogen-bond donors (Lipinski definition) is 0. The molecular weight excluding hydrogens is 402 g/mol. The Labute approximate surface area is 186 Å². The molecule has 0 bridgehead atoms. The fourth-order valence-corrected chi connectivity index (χ4v) is 5.18. The molecule has 0 unspecified atom stereocenters. The van der Waals surface area contributed by atoms with Crippen molar-refractivity contribution in [3.8, 4) is 0 Å². The lowest BCUT2D eigenvalue weighted by atomic mass is 10.1. The Balaban J connectivity index is 1.52. The van der Waals surface area contributed by atoms with E-state index in [1.54, 1.807) is 6.07 Å². The maximum atomic E-state index is 12.0. The summed E-state index contributed by atoms with van der Waals surface area (Å²) in [5.41, 5.74) is 5.88. The van der Waals surface area contributed by atoms with E-state index >= 15 is 0 Å². The molecule has 4 heteroatoms. The first-order chi connectivity index (χ1) is 15.1. The van der Waals surface area contributed by atoms with E-state index < -0.39 is 0 Å². The van der Waals surface area contributed by atoms with Crippen LogP contribution in [-0.4, -0.2) is 6.54 Å². The smallest absolute Gasteiger partial charge is 0.336 e. The molecule has 154 valence electrons. The Morgan fingerprint density at radius 1 is 0.935 bits per heavy atom. The Morgan fingerprint density at radius 2 is 1.77 bits per heavy atom. The molecule has 3 nitrogen and oxygen atoms in total. The summed E-state index contributed by atoms with van der Waals surface area (Å²) < 4.78 is 5.38. The summed E-state index contributed by atoms with van der Waals surface area (Å²) >= 11 is 1.81. The van der Waals surface area contributed by atoms with Crippen LogP contribution >= 0.6 is 11.8 Å². The molecule has 0 aliphatic carbocycles. The van der Waals surface area contributed by atoms with Crippen molar-refractivity contribution in [1.29, 1.82) is 0 Å². The monoisotopic (exact) mass is 425 g/mol. The number of hydrogen-bond acceptors (Lipinski definition) is 4. The lowest BCUT2D eigenvalue weighted by Crippen LogP contribution is -2.21. The van der Waals surface area contributed by atoms with Gasteiger partial charge in [-0.2, -0.15) is 0 Å². The van der Waals surface area contributed by atoms with Crippen molar-refractivity contribution < 1.29 is 4.42 Å². The topological polar surface area (TPSA) is 33.5 Å². The number of nitrogens with zero attached hydrogens (tertiary/aromatic N) is 1. The van der Waals surface area contributed by atoms with E-state index in [9.17, 15) is 4.79 Å². The van der Waals surface area contributed by atoms with Gasteiger partial charge in [0.05, 0.1) is 11.4 Å². The Morgan fingerprint density at radius 3 is 2.65 bits per heavy atom. The zero-order chi connectivity index (χ0) is 21.4. The third-order valence-electron chi connectivity index (χ3n) is 5.49. The third kappa shape index (κ3) is 3.79. The minimum Gasteiger partial charge on any atom is -0.423 e. The number of benzene rings is 3. The number of anilines is 2. The van der Waals surface area contributed by atoms with E-state index in [1.165, 1.54) is 21.2 Å². The fourth-order valence-electron chi connectivity index (χ4n) is 4.04. The van der Waals surface area contributed by atoms with Crippen molar-refractivity contribution in [2.45, 2.75) is 30.1 Å². The highest BCUT2D eigenvalue weighted by atomic mass is 32.2. The average molecular weight is 426 g/mol. The molecule has 0 spiro atoms. The van der Waals surface area contributed by atoms with E-state index in [2.05, 4.69) is 60.4 Å². The molecule has 0 saturated heterocycles. The van der Waals surface area contributed by atoms with Crippen LogP contribution in [0, 0.1) is 6.92 Å². The molecule has 1 aliphatic heterocycles. The van der Waals surface area contributed by atoms with E-state index in [4.69, 9.17) is 4.42 Å². The molecule has 0 atom stereocenters. The van der Waals surface area contributed by atoms with Gasteiger partial charge in [0.2, 0.25) is 0 Å². The second-order valence-electron chi connectivity index (χ2n) is 7.80.